The van der Waals surface area contributed by atoms with E-state index in [1.807, 2.05) is 48.5 Å². The van der Waals surface area contributed by atoms with E-state index in [1.165, 1.54) is 24.8 Å². The summed E-state index contributed by atoms with van der Waals surface area (Å²) < 4.78 is 0. The number of thioether (sulfide) groups is 1. The number of benzene rings is 3. The molecule has 0 saturated carbocycles. The van der Waals surface area contributed by atoms with E-state index in [4.69, 9.17) is 0 Å². The molecule has 0 bridgehead atoms. The summed E-state index contributed by atoms with van der Waals surface area (Å²) in [6.45, 7) is 1.44. The van der Waals surface area contributed by atoms with E-state index in [1.54, 1.807) is 36.4 Å². The smallest absolute Gasteiger partial charge is 0.248 e. The van der Waals surface area contributed by atoms with E-state index in [2.05, 4.69) is 16.0 Å². The Balaban J connectivity index is 1.48. The standard InChI is InChI=1S/C25H23N3O3S/c1-18(29)26-20-11-13-21(14-12-20)27-25(31)17-32-23-9-5-8-22(16-23)28-24(30)15-10-19-6-3-2-4-7-19/h2-16H,17H2,1H3,(H,26,29)(H,27,31)(H,28,30)/b15-10+. The van der Waals surface area contributed by atoms with Crippen molar-refractivity contribution in [2.45, 2.75) is 11.8 Å². The highest BCUT2D eigenvalue weighted by molar-refractivity contribution is 8.00. The lowest BCUT2D eigenvalue weighted by molar-refractivity contribution is -0.114. The molecule has 0 heterocycles. The van der Waals surface area contributed by atoms with Gasteiger partial charge in [0.15, 0.2) is 0 Å². The first-order valence-electron chi connectivity index (χ1n) is 9.92. The summed E-state index contributed by atoms with van der Waals surface area (Å²) in [4.78, 5) is 36.3. The molecule has 7 heteroatoms. The third kappa shape index (κ3) is 7.77. The van der Waals surface area contributed by atoms with E-state index >= 15 is 0 Å². The third-order valence-corrected chi connectivity index (χ3v) is 5.18. The van der Waals surface area contributed by atoms with Crippen LogP contribution in [-0.4, -0.2) is 23.5 Å². The lowest BCUT2D eigenvalue weighted by atomic mass is 10.2. The van der Waals surface area contributed by atoms with Crippen LogP contribution in [0.3, 0.4) is 0 Å². The molecule has 0 aliphatic carbocycles. The zero-order chi connectivity index (χ0) is 22.8. The molecule has 0 atom stereocenters. The van der Waals surface area contributed by atoms with Crippen LogP contribution in [0.2, 0.25) is 0 Å². The van der Waals surface area contributed by atoms with Crippen LogP contribution < -0.4 is 16.0 Å². The largest absolute Gasteiger partial charge is 0.326 e. The fraction of sp³-hybridized carbons (Fsp3) is 0.0800. The van der Waals surface area contributed by atoms with E-state index < -0.39 is 0 Å². The lowest BCUT2D eigenvalue weighted by Crippen LogP contribution is -2.14. The SMILES string of the molecule is CC(=O)Nc1ccc(NC(=O)CSc2cccc(NC(=O)/C=C/c3ccccc3)c2)cc1. The average molecular weight is 446 g/mol. The van der Waals surface area contributed by atoms with Crippen LogP contribution in [0.1, 0.15) is 12.5 Å². The molecule has 162 valence electrons. The molecule has 32 heavy (non-hydrogen) atoms. The summed E-state index contributed by atoms with van der Waals surface area (Å²) in [6, 6.07) is 23.8. The molecular formula is C25H23N3O3S. The van der Waals surface area contributed by atoms with Gasteiger partial charge in [-0.2, -0.15) is 0 Å². The molecule has 0 aromatic heterocycles. The minimum atomic E-state index is -0.226. The molecule has 3 amide bonds. The normalized spacial score (nSPS) is 10.5. The highest BCUT2D eigenvalue weighted by Crippen LogP contribution is 2.22. The van der Waals surface area contributed by atoms with E-state index in [0.29, 0.717) is 17.1 Å². The van der Waals surface area contributed by atoms with Gasteiger partial charge in [-0.15, -0.1) is 11.8 Å². The Bertz CT molecular complexity index is 1110. The maximum atomic E-state index is 12.3. The first-order chi connectivity index (χ1) is 15.5. The predicted octanol–water partition coefficient (Wildman–Crippen LogP) is 5.03. The molecule has 0 saturated heterocycles. The van der Waals surface area contributed by atoms with Gasteiger partial charge in [-0.3, -0.25) is 14.4 Å². The van der Waals surface area contributed by atoms with Crippen molar-refractivity contribution in [2.24, 2.45) is 0 Å². The van der Waals surface area contributed by atoms with Crippen LogP contribution in [0.5, 0.6) is 0 Å². The zero-order valence-corrected chi connectivity index (χ0v) is 18.3. The summed E-state index contributed by atoms with van der Waals surface area (Å²) in [5.41, 5.74) is 2.92. The van der Waals surface area contributed by atoms with E-state index in [0.717, 1.165) is 10.5 Å². The molecule has 0 radical (unpaired) electrons. The Morgan fingerprint density at radius 3 is 2.16 bits per heavy atom. The van der Waals surface area contributed by atoms with Gasteiger partial charge >= 0.3 is 0 Å². The number of hydrogen-bond acceptors (Lipinski definition) is 4. The monoisotopic (exact) mass is 445 g/mol. The van der Waals surface area contributed by atoms with Crippen LogP contribution in [0.25, 0.3) is 6.08 Å². The second-order valence-electron chi connectivity index (χ2n) is 6.86. The van der Waals surface area contributed by atoms with Gasteiger partial charge in [-0.25, -0.2) is 0 Å². The number of rotatable bonds is 8. The number of carbonyl (C=O) groups excluding carboxylic acids is 3. The van der Waals surface area contributed by atoms with Crippen molar-refractivity contribution in [2.75, 3.05) is 21.7 Å². The Morgan fingerprint density at radius 1 is 0.781 bits per heavy atom. The number of amides is 3. The van der Waals surface area contributed by atoms with Crippen molar-refractivity contribution in [3.63, 3.8) is 0 Å². The number of hydrogen-bond donors (Lipinski definition) is 3. The van der Waals surface area contributed by atoms with Crippen molar-refractivity contribution in [3.05, 3.63) is 90.5 Å². The first-order valence-corrected chi connectivity index (χ1v) is 10.9. The Morgan fingerprint density at radius 2 is 1.47 bits per heavy atom. The molecule has 3 aromatic rings. The van der Waals surface area contributed by atoms with Gasteiger partial charge in [0.25, 0.3) is 0 Å². The molecule has 0 aliphatic heterocycles. The Kier molecular flexibility index (Phi) is 8.22. The number of nitrogens with one attached hydrogen (secondary N) is 3. The average Bonchev–Trinajstić information content (AvgIpc) is 2.78. The summed E-state index contributed by atoms with van der Waals surface area (Å²) in [7, 11) is 0. The maximum Gasteiger partial charge on any atom is 0.248 e. The van der Waals surface area contributed by atoms with Crippen LogP contribution in [0, 0.1) is 0 Å². The minimum absolute atomic E-state index is 0.149. The summed E-state index contributed by atoms with van der Waals surface area (Å²) in [6.07, 6.45) is 3.24. The Hall–Kier alpha value is -3.84. The first kappa shape index (κ1) is 22.8. The highest BCUT2D eigenvalue weighted by Gasteiger charge is 2.06. The van der Waals surface area contributed by atoms with Gasteiger partial charge in [0.2, 0.25) is 17.7 Å². The summed E-state index contributed by atoms with van der Waals surface area (Å²) >= 11 is 1.37. The second-order valence-corrected chi connectivity index (χ2v) is 7.91. The van der Waals surface area contributed by atoms with Crippen molar-refractivity contribution < 1.29 is 14.4 Å². The fourth-order valence-corrected chi connectivity index (χ4v) is 3.52. The molecule has 0 unspecified atom stereocenters. The van der Waals surface area contributed by atoms with E-state index in [9.17, 15) is 14.4 Å². The molecule has 3 aromatic carbocycles. The second kappa shape index (κ2) is 11.5. The van der Waals surface area contributed by atoms with Gasteiger partial charge in [0.05, 0.1) is 5.75 Å². The topological polar surface area (TPSA) is 87.3 Å². The van der Waals surface area contributed by atoms with Crippen LogP contribution in [0.4, 0.5) is 17.1 Å². The molecule has 0 spiro atoms. The van der Waals surface area contributed by atoms with Gasteiger partial charge < -0.3 is 16.0 Å². The minimum Gasteiger partial charge on any atom is -0.326 e. The summed E-state index contributed by atoms with van der Waals surface area (Å²) in [5, 5.41) is 8.33. The van der Waals surface area contributed by atoms with Crippen molar-refractivity contribution in [1.82, 2.24) is 0 Å². The molecule has 0 aliphatic rings. The molecule has 3 N–H and O–H groups in total. The zero-order valence-electron chi connectivity index (χ0n) is 17.5. The number of anilines is 3. The van der Waals surface area contributed by atoms with Gasteiger partial charge in [0, 0.05) is 35.0 Å². The molecular weight excluding hydrogens is 422 g/mol. The summed E-state index contributed by atoms with van der Waals surface area (Å²) in [5.74, 6) is -0.304. The molecule has 0 fully saturated rings. The maximum absolute atomic E-state index is 12.3. The van der Waals surface area contributed by atoms with E-state index in [-0.39, 0.29) is 23.5 Å². The van der Waals surface area contributed by atoms with Crippen LogP contribution in [0.15, 0.2) is 89.8 Å². The fourth-order valence-electron chi connectivity index (χ4n) is 2.77. The lowest BCUT2D eigenvalue weighted by Gasteiger charge is -2.08. The number of carbonyl (C=O) groups is 3. The van der Waals surface area contributed by atoms with Gasteiger partial charge in [-0.05, 0) is 54.1 Å². The van der Waals surface area contributed by atoms with Crippen LogP contribution >= 0.6 is 11.8 Å². The van der Waals surface area contributed by atoms with Gasteiger partial charge in [-0.1, -0.05) is 36.4 Å². The third-order valence-electron chi connectivity index (χ3n) is 4.19. The molecule has 3 rings (SSSR count). The predicted molar refractivity (Wildman–Crippen MR) is 131 cm³/mol. The Labute approximate surface area is 191 Å². The van der Waals surface area contributed by atoms with Crippen molar-refractivity contribution in [3.8, 4) is 0 Å². The quantitative estimate of drug-likeness (QED) is 0.335. The highest BCUT2D eigenvalue weighted by atomic mass is 32.2. The van der Waals surface area contributed by atoms with Crippen LogP contribution in [-0.2, 0) is 14.4 Å². The van der Waals surface area contributed by atoms with Gasteiger partial charge in [0.1, 0.15) is 0 Å². The van der Waals surface area contributed by atoms with Crippen molar-refractivity contribution >= 4 is 52.6 Å². The van der Waals surface area contributed by atoms with Crippen molar-refractivity contribution in [1.29, 1.82) is 0 Å². The molecule has 6 nitrogen and oxygen atoms in total.